The molecule has 1 aromatic carbocycles. The summed E-state index contributed by atoms with van der Waals surface area (Å²) in [6.07, 6.45) is 3.14. The van der Waals surface area contributed by atoms with Gasteiger partial charge >= 0.3 is 0 Å². The third-order valence-electron chi connectivity index (χ3n) is 2.89. The van der Waals surface area contributed by atoms with Gasteiger partial charge in [0.1, 0.15) is 5.52 Å². The lowest BCUT2D eigenvalue weighted by Gasteiger charge is -2.11. The first-order valence-corrected chi connectivity index (χ1v) is 7.67. The molecule has 2 heterocycles. The number of benzene rings is 1. The van der Waals surface area contributed by atoms with E-state index in [9.17, 15) is 4.79 Å². The van der Waals surface area contributed by atoms with Crippen molar-refractivity contribution in [2.45, 2.75) is 0 Å². The molecule has 106 valence electrons. The van der Waals surface area contributed by atoms with E-state index in [4.69, 9.17) is 9.15 Å². The molecule has 0 aliphatic heterocycles. The molecule has 0 N–H and O–H groups in total. The van der Waals surface area contributed by atoms with Gasteiger partial charge in [0.15, 0.2) is 18.1 Å². The summed E-state index contributed by atoms with van der Waals surface area (Å²) >= 11 is 6.92. The van der Waals surface area contributed by atoms with Crippen LogP contribution in [0.1, 0.15) is 10.6 Å². The highest BCUT2D eigenvalue weighted by Crippen LogP contribution is 2.37. The Labute approximate surface area is 137 Å². The average Bonchev–Trinajstić information content (AvgIpc) is 3.01. The van der Waals surface area contributed by atoms with Gasteiger partial charge in [-0.15, -0.1) is 0 Å². The second kappa shape index (κ2) is 5.99. The van der Waals surface area contributed by atoms with E-state index in [0.29, 0.717) is 11.3 Å². The molecule has 0 spiro atoms. The van der Waals surface area contributed by atoms with Crippen LogP contribution in [-0.4, -0.2) is 17.4 Å². The minimum atomic E-state index is -0.223. The largest absolute Gasteiger partial charge is 0.482 e. The predicted molar refractivity (Wildman–Crippen MR) is 85.7 cm³/mol. The van der Waals surface area contributed by atoms with Crippen LogP contribution in [0.3, 0.4) is 0 Å². The minimum Gasteiger partial charge on any atom is -0.482 e. The Morgan fingerprint density at radius 3 is 2.86 bits per heavy atom. The number of halogens is 2. The molecular formula is C15H9Br2NO3. The highest BCUT2D eigenvalue weighted by Gasteiger charge is 2.15. The van der Waals surface area contributed by atoms with Gasteiger partial charge in [0.25, 0.3) is 0 Å². The number of hydrogen-bond acceptors (Lipinski definition) is 4. The zero-order valence-electron chi connectivity index (χ0n) is 10.7. The minimum absolute atomic E-state index is 0.112. The lowest BCUT2D eigenvalue weighted by molar-refractivity contribution is 0.0894. The molecule has 0 radical (unpaired) electrons. The summed E-state index contributed by atoms with van der Waals surface area (Å²) in [5, 5.41) is 0.918. The van der Waals surface area contributed by atoms with Crippen molar-refractivity contribution in [2.24, 2.45) is 0 Å². The van der Waals surface area contributed by atoms with E-state index >= 15 is 0 Å². The number of nitrogens with zero attached hydrogens (tertiary/aromatic N) is 1. The van der Waals surface area contributed by atoms with Crippen LogP contribution in [0.5, 0.6) is 5.75 Å². The Morgan fingerprint density at radius 1 is 1.24 bits per heavy atom. The number of carbonyl (C=O) groups excluding carboxylic acids is 1. The summed E-state index contributed by atoms with van der Waals surface area (Å²) in [4.78, 5) is 16.3. The number of rotatable bonds is 4. The Bertz CT molecular complexity index is 800. The second-order valence-corrected chi connectivity index (χ2v) is 5.97. The molecule has 0 unspecified atom stereocenters. The fourth-order valence-electron chi connectivity index (χ4n) is 1.93. The van der Waals surface area contributed by atoms with Crippen LogP contribution in [-0.2, 0) is 0 Å². The van der Waals surface area contributed by atoms with Crippen LogP contribution in [0.25, 0.3) is 10.9 Å². The molecule has 21 heavy (non-hydrogen) atoms. The van der Waals surface area contributed by atoms with Gasteiger partial charge in [-0.25, -0.2) is 0 Å². The molecule has 0 fully saturated rings. The number of Topliss-reactive ketones (excluding diaryl/α,β-unsaturated/α-hetero) is 1. The number of aromatic nitrogens is 1. The first-order chi connectivity index (χ1) is 10.2. The molecule has 0 amide bonds. The quantitative estimate of drug-likeness (QED) is 0.589. The van der Waals surface area contributed by atoms with Crippen molar-refractivity contribution in [2.75, 3.05) is 6.61 Å². The molecule has 2 aromatic heterocycles. The van der Waals surface area contributed by atoms with Gasteiger partial charge in [-0.1, -0.05) is 22.0 Å². The number of ketones is 1. The van der Waals surface area contributed by atoms with E-state index in [2.05, 4.69) is 36.8 Å². The van der Waals surface area contributed by atoms with Crippen molar-refractivity contribution in [3.8, 4) is 5.75 Å². The number of hydrogen-bond donors (Lipinski definition) is 0. The first-order valence-electron chi connectivity index (χ1n) is 6.09. The van der Waals surface area contributed by atoms with Gasteiger partial charge in [0.05, 0.1) is 10.7 Å². The Kier molecular flexibility index (Phi) is 4.07. The lowest BCUT2D eigenvalue weighted by atomic mass is 10.2. The summed E-state index contributed by atoms with van der Waals surface area (Å²) in [6.45, 7) is -0.112. The van der Waals surface area contributed by atoms with Crippen molar-refractivity contribution in [3.05, 3.63) is 57.5 Å². The van der Waals surface area contributed by atoms with Gasteiger partial charge in [-0.3, -0.25) is 9.78 Å². The zero-order chi connectivity index (χ0) is 14.8. The van der Waals surface area contributed by atoms with E-state index in [1.807, 2.05) is 18.2 Å². The van der Waals surface area contributed by atoms with Gasteiger partial charge in [-0.2, -0.15) is 0 Å². The van der Waals surface area contributed by atoms with Crippen molar-refractivity contribution < 1.29 is 13.9 Å². The third kappa shape index (κ3) is 2.87. The van der Waals surface area contributed by atoms with E-state index < -0.39 is 0 Å². The summed E-state index contributed by atoms with van der Waals surface area (Å²) in [7, 11) is 0. The van der Waals surface area contributed by atoms with Crippen molar-refractivity contribution in [3.63, 3.8) is 0 Å². The SMILES string of the molecule is O=C(COc1c(Br)cc(Br)c2cccnc12)c1ccco1. The number of carbonyl (C=O) groups is 1. The molecular weight excluding hydrogens is 402 g/mol. The Morgan fingerprint density at radius 2 is 2.10 bits per heavy atom. The molecule has 0 aliphatic carbocycles. The Balaban J connectivity index is 1.92. The van der Waals surface area contributed by atoms with E-state index in [-0.39, 0.29) is 18.2 Å². The molecule has 3 rings (SSSR count). The molecule has 0 aliphatic rings. The normalized spacial score (nSPS) is 10.8. The molecule has 0 atom stereocenters. The predicted octanol–water partition coefficient (Wildman–Crippen LogP) is 4.61. The highest BCUT2D eigenvalue weighted by atomic mass is 79.9. The highest BCUT2D eigenvalue weighted by molar-refractivity contribution is 9.11. The van der Waals surface area contributed by atoms with Crippen molar-refractivity contribution >= 4 is 48.5 Å². The molecule has 0 bridgehead atoms. The number of pyridine rings is 1. The first kappa shape index (κ1) is 14.3. The number of furan rings is 1. The fourth-order valence-corrected chi connectivity index (χ4v) is 3.32. The van der Waals surface area contributed by atoms with Crippen LogP contribution in [0.4, 0.5) is 0 Å². The van der Waals surface area contributed by atoms with E-state index in [0.717, 1.165) is 14.3 Å². The van der Waals surface area contributed by atoms with Crippen molar-refractivity contribution in [1.29, 1.82) is 0 Å². The van der Waals surface area contributed by atoms with Crippen molar-refractivity contribution in [1.82, 2.24) is 4.98 Å². The van der Waals surface area contributed by atoms with Crippen LogP contribution >= 0.6 is 31.9 Å². The van der Waals surface area contributed by atoms with Gasteiger partial charge in [0, 0.05) is 16.1 Å². The standard InChI is InChI=1S/C15H9Br2NO3/c16-10-7-11(17)15(14-9(10)3-1-5-18-14)21-8-12(19)13-4-2-6-20-13/h1-7H,8H2. The molecule has 0 saturated heterocycles. The Hall–Kier alpha value is -1.66. The maximum atomic E-state index is 11.9. The fraction of sp³-hybridized carbons (Fsp3) is 0.0667. The maximum Gasteiger partial charge on any atom is 0.235 e. The molecule has 3 aromatic rings. The van der Waals surface area contributed by atoms with E-state index in [1.165, 1.54) is 6.26 Å². The van der Waals surface area contributed by atoms with Crippen LogP contribution in [0.2, 0.25) is 0 Å². The third-order valence-corrected chi connectivity index (χ3v) is 4.14. The average molecular weight is 411 g/mol. The number of ether oxygens (including phenoxy) is 1. The van der Waals surface area contributed by atoms with Crippen LogP contribution in [0, 0.1) is 0 Å². The van der Waals surface area contributed by atoms with Gasteiger partial charge in [0.2, 0.25) is 5.78 Å². The zero-order valence-corrected chi connectivity index (χ0v) is 13.8. The summed E-state index contributed by atoms with van der Waals surface area (Å²) < 4.78 is 12.3. The smallest absolute Gasteiger partial charge is 0.235 e. The van der Waals surface area contributed by atoms with Crippen LogP contribution in [0.15, 0.2) is 56.2 Å². The molecule has 4 nitrogen and oxygen atoms in total. The lowest BCUT2D eigenvalue weighted by Crippen LogP contribution is -2.11. The summed E-state index contributed by atoms with van der Waals surface area (Å²) in [5.41, 5.74) is 0.686. The maximum absolute atomic E-state index is 11.9. The van der Waals surface area contributed by atoms with Crippen LogP contribution < -0.4 is 4.74 Å². The summed E-state index contributed by atoms with van der Waals surface area (Å²) in [5.74, 6) is 0.591. The van der Waals surface area contributed by atoms with Gasteiger partial charge in [-0.05, 0) is 40.2 Å². The monoisotopic (exact) mass is 409 g/mol. The molecule has 6 heteroatoms. The topological polar surface area (TPSA) is 52.3 Å². The van der Waals surface area contributed by atoms with E-state index in [1.54, 1.807) is 18.3 Å². The second-order valence-electron chi connectivity index (χ2n) is 4.26. The summed E-state index contributed by atoms with van der Waals surface area (Å²) in [6, 6.07) is 8.92. The van der Waals surface area contributed by atoms with Gasteiger partial charge < -0.3 is 9.15 Å². The molecule has 0 saturated carbocycles. The number of fused-ring (bicyclic) bond motifs is 1.